The van der Waals surface area contributed by atoms with Crippen LogP contribution >= 0.6 is 11.3 Å². The highest BCUT2D eigenvalue weighted by atomic mass is 32.1. The summed E-state index contributed by atoms with van der Waals surface area (Å²) in [4.78, 5) is 25.7. The number of nitriles is 1. The first kappa shape index (κ1) is 16.9. The molecule has 0 aliphatic heterocycles. The van der Waals surface area contributed by atoms with Gasteiger partial charge in [0.05, 0.1) is 16.8 Å². The number of hydrogen-bond acceptors (Lipinski definition) is 5. The van der Waals surface area contributed by atoms with Gasteiger partial charge >= 0.3 is 0 Å². The zero-order valence-corrected chi connectivity index (χ0v) is 14.6. The highest BCUT2D eigenvalue weighted by Crippen LogP contribution is 2.32. The average molecular weight is 330 g/mol. The predicted octanol–water partition coefficient (Wildman–Crippen LogP) is 2.66. The van der Waals surface area contributed by atoms with E-state index in [4.69, 9.17) is 0 Å². The summed E-state index contributed by atoms with van der Waals surface area (Å²) >= 11 is 1.32. The molecule has 1 amide bonds. The molecule has 2 aromatic rings. The quantitative estimate of drug-likeness (QED) is 0.689. The van der Waals surface area contributed by atoms with Gasteiger partial charge in [0.2, 0.25) is 0 Å². The number of amides is 1. The van der Waals surface area contributed by atoms with Gasteiger partial charge in [-0.3, -0.25) is 14.3 Å². The van der Waals surface area contributed by atoms with Crippen LogP contribution in [0.5, 0.6) is 0 Å². The SMILES string of the molecule is CCc1c(C)sc(NC(=O)C(=O)c2c(C)nn(C)c2C)c1C#N. The number of Topliss-reactive ketones (excluding diaryl/α,β-unsaturated/α-hetero) is 1. The van der Waals surface area contributed by atoms with E-state index in [1.807, 2.05) is 13.8 Å². The van der Waals surface area contributed by atoms with Gasteiger partial charge < -0.3 is 5.32 Å². The Morgan fingerprint density at radius 2 is 2.00 bits per heavy atom. The van der Waals surface area contributed by atoms with Crippen molar-refractivity contribution in [2.45, 2.75) is 34.1 Å². The van der Waals surface area contributed by atoms with E-state index in [-0.39, 0.29) is 0 Å². The maximum Gasteiger partial charge on any atom is 0.297 e. The summed E-state index contributed by atoms with van der Waals surface area (Å²) in [6.07, 6.45) is 0.704. The molecule has 6 nitrogen and oxygen atoms in total. The van der Waals surface area contributed by atoms with Crippen LogP contribution in [0.15, 0.2) is 0 Å². The van der Waals surface area contributed by atoms with Crippen molar-refractivity contribution in [3.8, 4) is 6.07 Å². The third-order valence-electron chi connectivity index (χ3n) is 3.84. The summed E-state index contributed by atoms with van der Waals surface area (Å²) in [6.45, 7) is 7.29. The van der Waals surface area contributed by atoms with Gasteiger partial charge in [-0.25, -0.2) is 0 Å². The third-order valence-corrected chi connectivity index (χ3v) is 4.91. The van der Waals surface area contributed by atoms with Crippen molar-refractivity contribution in [2.24, 2.45) is 7.05 Å². The standard InChI is InChI=1S/C16H18N4O2S/c1-6-11-10(4)23-16(12(11)7-17)18-15(22)14(21)13-8(2)19-20(5)9(13)3/h6H2,1-5H3,(H,18,22). The van der Waals surface area contributed by atoms with Gasteiger partial charge in [-0.2, -0.15) is 10.4 Å². The van der Waals surface area contributed by atoms with Gasteiger partial charge in [0, 0.05) is 17.6 Å². The van der Waals surface area contributed by atoms with Crippen molar-refractivity contribution in [1.29, 1.82) is 5.26 Å². The minimum atomic E-state index is -0.746. The maximum absolute atomic E-state index is 12.4. The molecule has 0 fully saturated rings. The topological polar surface area (TPSA) is 87.8 Å². The number of nitrogens with one attached hydrogen (secondary N) is 1. The van der Waals surface area contributed by atoms with Crippen LogP contribution in [-0.2, 0) is 18.3 Å². The molecule has 0 atom stereocenters. The number of anilines is 1. The van der Waals surface area contributed by atoms with Crippen molar-refractivity contribution in [3.05, 3.63) is 33.0 Å². The number of hydrogen-bond donors (Lipinski definition) is 1. The second-order valence-corrected chi connectivity index (χ2v) is 6.48. The molecule has 1 N–H and O–H groups in total. The molecule has 0 saturated heterocycles. The summed E-state index contributed by atoms with van der Waals surface area (Å²) < 4.78 is 1.57. The van der Waals surface area contributed by atoms with Crippen molar-refractivity contribution >= 4 is 28.0 Å². The number of aryl methyl sites for hydroxylation is 3. The molecular weight excluding hydrogens is 312 g/mol. The molecule has 0 bridgehead atoms. The minimum Gasteiger partial charge on any atom is -0.310 e. The van der Waals surface area contributed by atoms with E-state index in [2.05, 4.69) is 16.5 Å². The molecule has 0 radical (unpaired) electrons. The zero-order chi connectivity index (χ0) is 17.3. The largest absolute Gasteiger partial charge is 0.310 e. The molecule has 120 valence electrons. The first-order valence-corrected chi connectivity index (χ1v) is 8.01. The Hall–Kier alpha value is -2.46. The van der Waals surface area contributed by atoms with Gasteiger partial charge in [0.1, 0.15) is 11.1 Å². The fourth-order valence-corrected chi connectivity index (χ4v) is 3.68. The Morgan fingerprint density at radius 1 is 1.35 bits per heavy atom. The van der Waals surface area contributed by atoms with Crippen LogP contribution in [0.1, 0.15) is 44.7 Å². The lowest BCUT2D eigenvalue weighted by Gasteiger charge is -2.03. The lowest BCUT2D eigenvalue weighted by Crippen LogP contribution is -2.24. The van der Waals surface area contributed by atoms with Crippen molar-refractivity contribution < 1.29 is 9.59 Å². The predicted molar refractivity (Wildman–Crippen MR) is 88.8 cm³/mol. The van der Waals surface area contributed by atoms with Gasteiger partial charge in [-0.1, -0.05) is 6.92 Å². The van der Waals surface area contributed by atoms with E-state index in [0.717, 1.165) is 10.4 Å². The van der Waals surface area contributed by atoms with Gasteiger partial charge in [-0.05, 0) is 32.8 Å². The molecule has 23 heavy (non-hydrogen) atoms. The van der Waals surface area contributed by atoms with E-state index < -0.39 is 11.7 Å². The molecule has 0 aliphatic carbocycles. The molecule has 2 aromatic heterocycles. The Bertz CT molecular complexity index is 839. The molecule has 7 heteroatoms. The van der Waals surface area contributed by atoms with Crippen molar-refractivity contribution in [3.63, 3.8) is 0 Å². The van der Waals surface area contributed by atoms with E-state index >= 15 is 0 Å². The highest BCUT2D eigenvalue weighted by molar-refractivity contribution is 7.16. The van der Waals surface area contributed by atoms with Gasteiger partial charge in [0.15, 0.2) is 0 Å². The van der Waals surface area contributed by atoms with E-state index in [1.54, 1.807) is 25.6 Å². The number of carbonyl (C=O) groups excluding carboxylic acids is 2. The summed E-state index contributed by atoms with van der Waals surface area (Å²) in [5, 5.41) is 16.5. The Morgan fingerprint density at radius 3 is 2.48 bits per heavy atom. The second-order valence-electron chi connectivity index (χ2n) is 5.26. The fourth-order valence-electron chi connectivity index (χ4n) is 2.59. The molecule has 0 unspecified atom stereocenters. The molecular formula is C16H18N4O2S. The normalized spacial score (nSPS) is 10.4. The lowest BCUT2D eigenvalue weighted by molar-refractivity contribution is -0.112. The highest BCUT2D eigenvalue weighted by Gasteiger charge is 2.25. The first-order chi connectivity index (χ1) is 10.8. The molecule has 2 rings (SSSR count). The molecule has 0 spiro atoms. The van der Waals surface area contributed by atoms with Crippen LogP contribution in [0, 0.1) is 32.1 Å². The maximum atomic E-state index is 12.4. The fraction of sp³-hybridized carbons (Fsp3) is 0.375. The summed E-state index contributed by atoms with van der Waals surface area (Å²) in [5.41, 5.74) is 2.82. The Kier molecular flexibility index (Phi) is 4.66. The smallest absolute Gasteiger partial charge is 0.297 e. The number of aromatic nitrogens is 2. The Balaban J connectivity index is 2.33. The zero-order valence-electron chi connectivity index (χ0n) is 13.8. The summed E-state index contributed by atoms with van der Waals surface area (Å²) in [7, 11) is 1.72. The van der Waals surface area contributed by atoms with E-state index in [0.29, 0.717) is 33.9 Å². The summed E-state index contributed by atoms with van der Waals surface area (Å²) in [5.74, 6) is -1.38. The number of rotatable bonds is 4. The number of thiophene rings is 1. The monoisotopic (exact) mass is 330 g/mol. The van der Waals surface area contributed by atoms with Gasteiger partial charge in [-0.15, -0.1) is 11.3 Å². The van der Waals surface area contributed by atoms with Crippen molar-refractivity contribution in [1.82, 2.24) is 9.78 Å². The minimum absolute atomic E-state index is 0.313. The molecule has 0 aromatic carbocycles. The molecule has 0 aliphatic rings. The Labute approximate surface area is 138 Å². The first-order valence-electron chi connectivity index (χ1n) is 7.20. The summed E-state index contributed by atoms with van der Waals surface area (Å²) in [6, 6.07) is 2.11. The number of ketones is 1. The van der Waals surface area contributed by atoms with E-state index in [1.165, 1.54) is 11.3 Å². The van der Waals surface area contributed by atoms with Crippen molar-refractivity contribution in [2.75, 3.05) is 5.32 Å². The van der Waals surface area contributed by atoms with Crippen LogP contribution in [-0.4, -0.2) is 21.5 Å². The van der Waals surface area contributed by atoms with Crippen LogP contribution in [0.2, 0.25) is 0 Å². The van der Waals surface area contributed by atoms with Crippen LogP contribution in [0.25, 0.3) is 0 Å². The number of nitrogens with zero attached hydrogens (tertiary/aromatic N) is 3. The molecule has 2 heterocycles. The lowest BCUT2D eigenvalue weighted by atomic mass is 10.1. The average Bonchev–Trinajstić information content (AvgIpc) is 2.93. The van der Waals surface area contributed by atoms with Crippen LogP contribution < -0.4 is 5.32 Å². The van der Waals surface area contributed by atoms with E-state index in [9.17, 15) is 14.9 Å². The van der Waals surface area contributed by atoms with Gasteiger partial charge in [0.25, 0.3) is 11.7 Å². The molecule has 0 saturated carbocycles. The third kappa shape index (κ3) is 2.90. The second kappa shape index (κ2) is 6.34. The number of carbonyl (C=O) groups is 2. The van der Waals surface area contributed by atoms with Crippen LogP contribution in [0.3, 0.4) is 0 Å². The van der Waals surface area contributed by atoms with Crippen LogP contribution in [0.4, 0.5) is 5.00 Å².